The van der Waals surface area contributed by atoms with Gasteiger partial charge in [0.1, 0.15) is 6.61 Å². The summed E-state index contributed by atoms with van der Waals surface area (Å²) in [6.45, 7) is 5.20. The van der Waals surface area contributed by atoms with Gasteiger partial charge in [-0.15, -0.1) is 0 Å². The van der Waals surface area contributed by atoms with Crippen LogP contribution in [0.15, 0.2) is 60.9 Å². The summed E-state index contributed by atoms with van der Waals surface area (Å²) in [4.78, 5) is 4.89. The van der Waals surface area contributed by atoms with Crippen LogP contribution in [0.25, 0.3) is 5.69 Å². The number of rotatable bonds is 7. The lowest BCUT2D eigenvalue weighted by molar-refractivity contribution is -0.0370. The molecular formula is C25H30N4O3. The highest BCUT2D eigenvalue weighted by Crippen LogP contribution is 2.30. The molecule has 168 valence electrons. The molecule has 1 aromatic heterocycles. The molecule has 0 unspecified atom stereocenters. The summed E-state index contributed by atoms with van der Waals surface area (Å²) in [6, 6.07) is 16.8. The number of hydrogen-bond acceptors (Lipinski definition) is 6. The van der Waals surface area contributed by atoms with E-state index in [1.54, 1.807) is 13.3 Å². The van der Waals surface area contributed by atoms with Gasteiger partial charge in [-0.25, -0.2) is 4.68 Å². The standard InChI is InChI=1S/C25H30N4O3/c1-27-12-13-31-25-17-28(16-22(25)27)15-20-6-9-23(30-2)24(14-20)32-18-19-4-7-21(8-5-19)29-11-3-10-26-29/h3-11,14,22,25H,12-13,15-18H2,1-2H3/t22-,25-/m0/s1. The Hall–Kier alpha value is -2.87. The maximum Gasteiger partial charge on any atom is 0.161 e. The van der Waals surface area contributed by atoms with Crippen molar-refractivity contribution in [2.24, 2.45) is 0 Å². The highest BCUT2D eigenvalue weighted by Gasteiger charge is 2.38. The summed E-state index contributed by atoms with van der Waals surface area (Å²) in [7, 11) is 3.88. The molecule has 0 radical (unpaired) electrons. The molecule has 0 bridgehead atoms. The van der Waals surface area contributed by atoms with Crippen molar-refractivity contribution in [1.29, 1.82) is 0 Å². The van der Waals surface area contributed by atoms with Gasteiger partial charge in [0.2, 0.25) is 0 Å². The number of likely N-dealkylation sites (N-methyl/N-ethyl adjacent to an activating group) is 1. The van der Waals surface area contributed by atoms with Crippen molar-refractivity contribution in [3.05, 3.63) is 72.1 Å². The molecule has 0 spiro atoms. The maximum absolute atomic E-state index is 6.16. The molecule has 2 aliphatic rings. The third-order valence-electron chi connectivity index (χ3n) is 6.39. The zero-order valence-corrected chi connectivity index (χ0v) is 18.7. The molecule has 7 nitrogen and oxygen atoms in total. The summed E-state index contributed by atoms with van der Waals surface area (Å²) in [5.74, 6) is 1.52. The van der Waals surface area contributed by atoms with Gasteiger partial charge in [-0.2, -0.15) is 5.10 Å². The molecule has 3 heterocycles. The minimum absolute atomic E-state index is 0.312. The summed E-state index contributed by atoms with van der Waals surface area (Å²) >= 11 is 0. The molecular weight excluding hydrogens is 404 g/mol. The normalized spacial score (nSPS) is 21.4. The summed E-state index contributed by atoms with van der Waals surface area (Å²) in [5.41, 5.74) is 3.34. The zero-order chi connectivity index (χ0) is 21.9. The molecule has 2 aromatic carbocycles. The fourth-order valence-corrected chi connectivity index (χ4v) is 4.58. The van der Waals surface area contributed by atoms with Gasteiger partial charge in [0.25, 0.3) is 0 Å². The van der Waals surface area contributed by atoms with Gasteiger partial charge in [0.15, 0.2) is 11.5 Å². The summed E-state index contributed by atoms with van der Waals surface area (Å²) in [6.07, 6.45) is 4.02. The van der Waals surface area contributed by atoms with Crippen molar-refractivity contribution in [2.75, 3.05) is 40.4 Å². The molecule has 2 fully saturated rings. The molecule has 3 aromatic rings. The fraction of sp³-hybridized carbons (Fsp3) is 0.400. The summed E-state index contributed by atoms with van der Waals surface area (Å²) in [5, 5.41) is 4.27. The van der Waals surface area contributed by atoms with Gasteiger partial charge in [0, 0.05) is 44.6 Å². The van der Waals surface area contributed by atoms with Gasteiger partial charge >= 0.3 is 0 Å². The number of morpholine rings is 1. The predicted molar refractivity (Wildman–Crippen MR) is 122 cm³/mol. The third kappa shape index (κ3) is 4.50. The van der Waals surface area contributed by atoms with Crippen LogP contribution in [0.1, 0.15) is 11.1 Å². The van der Waals surface area contributed by atoms with E-state index in [0.29, 0.717) is 18.8 Å². The second-order valence-electron chi connectivity index (χ2n) is 8.54. The van der Waals surface area contributed by atoms with Crippen LogP contribution in [0.5, 0.6) is 11.5 Å². The van der Waals surface area contributed by atoms with Gasteiger partial charge in [-0.3, -0.25) is 9.80 Å². The minimum Gasteiger partial charge on any atom is -0.493 e. The van der Waals surface area contributed by atoms with Gasteiger partial charge < -0.3 is 14.2 Å². The van der Waals surface area contributed by atoms with E-state index in [1.165, 1.54) is 5.56 Å². The van der Waals surface area contributed by atoms with Crippen molar-refractivity contribution in [3.63, 3.8) is 0 Å². The highest BCUT2D eigenvalue weighted by atomic mass is 16.5. The Bertz CT molecular complexity index is 1020. The van der Waals surface area contributed by atoms with Crippen LogP contribution in [0.3, 0.4) is 0 Å². The maximum atomic E-state index is 6.16. The number of aromatic nitrogens is 2. The van der Waals surface area contributed by atoms with E-state index in [2.05, 4.69) is 46.2 Å². The number of ether oxygens (including phenoxy) is 3. The molecule has 0 saturated carbocycles. The number of methoxy groups -OCH3 is 1. The van der Waals surface area contributed by atoms with Crippen LogP contribution in [-0.4, -0.2) is 72.1 Å². The molecule has 2 atom stereocenters. The summed E-state index contributed by atoms with van der Waals surface area (Å²) < 4.78 is 19.5. The van der Waals surface area contributed by atoms with E-state index in [9.17, 15) is 0 Å². The Morgan fingerprint density at radius 1 is 1.06 bits per heavy atom. The molecule has 0 amide bonds. The number of hydrogen-bond donors (Lipinski definition) is 0. The van der Waals surface area contributed by atoms with E-state index < -0.39 is 0 Å². The smallest absolute Gasteiger partial charge is 0.161 e. The number of likely N-dealkylation sites (tertiary alicyclic amines) is 1. The molecule has 2 saturated heterocycles. The van der Waals surface area contributed by atoms with Gasteiger partial charge in [0.05, 0.1) is 25.5 Å². The Kier molecular flexibility index (Phi) is 6.12. The molecule has 32 heavy (non-hydrogen) atoms. The first-order valence-electron chi connectivity index (χ1n) is 11.1. The highest BCUT2D eigenvalue weighted by molar-refractivity contribution is 5.43. The lowest BCUT2D eigenvalue weighted by atomic mass is 10.1. The van der Waals surface area contributed by atoms with Crippen LogP contribution in [0.4, 0.5) is 0 Å². The van der Waals surface area contributed by atoms with Crippen LogP contribution < -0.4 is 9.47 Å². The van der Waals surface area contributed by atoms with Gasteiger partial charge in [-0.05, 0) is 48.5 Å². The van der Waals surface area contributed by atoms with Gasteiger partial charge in [-0.1, -0.05) is 18.2 Å². The average molecular weight is 435 g/mol. The topological polar surface area (TPSA) is 52.0 Å². The molecule has 0 aliphatic carbocycles. The first-order valence-corrected chi connectivity index (χ1v) is 11.1. The average Bonchev–Trinajstić information content (AvgIpc) is 3.49. The van der Waals surface area contributed by atoms with Crippen molar-refractivity contribution < 1.29 is 14.2 Å². The monoisotopic (exact) mass is 434 g/mol. The van der Waals surface area contributed by atoms with E-state index in [0.717, 1.165) is 55.5 Å². The first-order chi connectivity index (χ1) is 15.7. The van der Waals surface area contributed by atoms with Crippen LogP contribution in [0.2, 0.25) is 0 Å². The quantitative estimate of drug-likeness (QED) is 0.570. The molecule has 7 heteroatoms. The predicted octanol–water partition coefficient (Wildman–Crippen LogP) is 2.97. The van der Waals surface area contributed by atoms with Crippen LogP contribution >= 0.6 is 0 Å². The zero-order valence-electron chi connectivity index (χ0n) is 18.7. The molecule has 5 rings (SSSR count). The first kappa shape index (κ1) is 21.0. The Morgan fingerprint density at radius 2 is 1.91 bits per heavy atom. The second kappa shape index (κ2) is 9.32. The molecule has 2 aliphatic heterocycles. The largest absolute Gasteiger partial charge is 0.493 e. The minimum atomic E-state index is 0.312. The van der Waals surface area contributed by atoms with Crippen molar-refractivity contribution in [1.82, 2.24) is 19.6 Å². The SMILES string of the molecule is COc1ccc(CN2C[C@@H]3OCCN(C)[C@H]3C2)cc1OCc1ccc(-n2cccn2)cc1. The van der Waals surface area contributed by atoms with Crippen molar-refractivity contribution in [2.45, 2.75) is 25.3 Å². The van der Waals surface area contributed by atoms with E-state index in [-0.39, 0.29) is 0 Å². The van der Waals surface area contributed by atoms with E-state index >= 15 is 0 Å². The Labute approximate surface area is 189 Å². The second-order valence-corrected chi connectivity index (χ2v) is 8.54. The van der Waals surface area contributed by atoms with Crippen molar-refractivity contribution >= 4 is 0 Å². The molecule has 0 N–H and O–H groups in total. The Balaban J connectivity index is 1.23. The van der Waals surface area contributed by atoms with Crippen LogP contribution in [-0.2, 0) is 17.9 Å². The van der Waals surface area contributed by atoms with E-state index in [4.69, 9.17) is 14.2 Å². The Morgan fingerprint density at radius 3 is 2.66 bits per heavy atom. The lowest BCUT2D eigenvalue weighted by Crippen LogP contribution is -2.48. The van der Waals surface area contributed by atoms with Crippen LogP contribution in [0, 0.1) is 0 Å². The van der Waals surface area contributed by atoms with Crippen molar-refractivity contribution in [3.8, 4) is 17.2 Å². The fourth-order valence-electron chi connectivity index (χ4n) is 4.58. The third-order valence-corrected chi connectivity index (χ3v) is 6.39. The number of nitrogens with zero attached hydrogens (tertiary/aromatic N) is 4. The number of fused-ring (bicyclic) bond motifs is 1. The number of benzene rings is 2. The van der Waals surface area contributed by atoms with E-state index in [1.807, 2.05) is 35.1 Å². The lowest BCUT2D eigenvalue weighted by Gasteiger charge is -2.33.